The average Bonchev–Trinajstić information content (AvgIpc) is 3.34. The molecule has 2 heterocycles. The smallest absolute Gasteiger partial charge is 0.410 e. The fourth-order valence-corrected chi connectivity index (χ4v) is 6.18. The molecule has 2 aliphatic rings. The van der Waals surface area contributed by atoms with E-state index in [1.807, 2.05) is 96.2 Å². The summed E-state index contributed by atoms with van der Waals surface area (Å²) in [5, 5.41) is 3.04. The molecule has 0 saturated carbocycles. The Morgan fingerprint density at radius 2 is 1.87 bits per heavy atom. The van der Waals surface area contributed by atoms with Gasteiger partial charge in [0.05, 0.1) is 30.9 Å². The lowest BCUT2D eigenvalue weighted by atomic mass is 9.92. The van der Waals surface area contributed by atoms with E-state index >= 15 is 0 Å². The molecule has 2 bridgehead atoms. The maximum absolute atomic E-state index is 13.7. The van der Waals surface area contributed by atoms with Crippen molar-refractivity contribution in [2.45, 2.75) is 85.8 Å². The number of fused-ring (bicyclic) bond motifs is 2. The van der Waals surface area contributed by atoms with Gasteiger partial charge in [0.1, 0.15) is 11.4 Å². The molecule has 0 fully saturated rings. The third-order valence-electron chi connectivity index (χ3n) is 8.79. The van der Waals surface area contributed by atoms with Gasteiger partial charge < -0.3 is 24.3 Å². The van der Waals surface area contributed by atoms with Crippen molar-refractivity contribution in [2.75, 3.05) is 25.5 Å². The number of carbonyl (C=O) groups excluding carboxylic acids is 3. The summed E-state index contributed by atoms with van der Waals surface area (Å²) in [7, 11) is 1.67. The normalized spacial score (nSPS) is 14.4. The Morgan fingerprint density at radius 1 is 1.06 bits per heavy atom. The lowest BCUT2D eigenvalue weighted by Gasteiger charge is -2.27. The Morgan fingerprint density at radius 3 is 2.62 bits per heavy atom. The van der Waals surface area contributed by atoms with Crippen LogP contribution in [0.1, 0.15) is 89.0 Å². The number of carbonyl (C=O) groups is 3. The van der Waals surface area contributed by atoms with Crippen LogP contribution in [-0.4, -0.2) is 68.4 Å². The average molecular weight is 707 g/mol. The molecule has 0 saturated heterocycles. The molecule has 5 rings (SSSR count). The largest absolute Gasteiger partial charge is 0.444 e. The number of oxazole rings is 1. The third kappa shape index (κ3) is 9.92. The van der Waals surface area contributed by atoms with Crippen LogP contribution in [0.15, 0.2) is 70.8 Å². The van der Waals surface area contributed by atoms with Gasteiger partial charge in [-0.05, 0) is 83.6 Å². The zero-order valence-corrected chi connectivity index (χ0v) is 31.4. The van der Waals surface area contributed by atoms with Gasteiger partial charge in [-0.2, -0.15) is 0 Å². The van der Waals surface area contributed by atoms with Crippen molar-refractivity contribution >= 4 is 35.2 Å². The van der Waals surface area contributed by atoms with Crippen LogP contribution >= 0.6 is 0 Å². The van der Waals surface area contributed by atoms with Crippen LogP contribution in [0.25, 0.3) is 23.0 Å². The molecule has 3 aromatic rings. The first-order chi connectivity index (χ1) is 24.8. The molecule has 11 heteroatoms. The summed E-state index contributed by atoms with van der Waals surface area (Å²) in [5.41, 5.74) is 5.21. The van der Waals surface area contributed by atoms with Crippen molar-refractivity contribution in [3.8, 4) is 11.3 Å². The molecule has 1 N–H and O–H groups in total. The SMILES string of the molecule is CCCN(CC(=O)Nc1cc(-c2cnc(C3=Cc4cc(nc(CN(C)C(=O)OC(C)(C)C)n4)CC3)o2)ccc1C)C(=O)C(CC)C1=CC=CC=CC1. The van der Waals surface area contributed by atoms with Gasteiger partial charge in [0.2, 0.25) is 17.7 Å². The van der Waals surface area contributed by atoms with E-state index in [0.717, 1.165) is 34.4 Å². The van der Waals surface area contributed by atoms with Crippen molar-refractivity contribution in [1.29, 1.82) is 0 Å². The second kappa shape index (κ2) is 16.8. The quantitative estimate of drug-likeness (QED) is 0.201. The highest BCUT2D eigenvalue weighted by atomic mass is 16.6. The van der Waals surface area contributed by atoms with Crippen LogP contribution in [-0.2, 0) is 27.3 Å². The van der Waals surface area contributed by atoms with Gasteiger partial charge in [-0.25, -0.2) is 19.7 Å². The molecule has 0 aliphatic heterocycles. The summed E-state index contributed by atoms with van der Waals surface area (Å²) in [4.78, 5) is 56.7. The van der Waals surface area contributed by atoms with Crippen molar-refractivity contribution in [3.05, 3.63) is 95.1 Å². The third-order valence-corrected chi connectivity index (χ3v) is 8.79. The van der Waals surface area contributed by atoms with Crippen LogP contribution in [0, 0.1) is 12.8 Å². The number of nitrogens with one attached hydrogen (secondary N) is 1. The zero-order valence-electron chi connectivity index (χ0n) is 31.4. The highest BCUT2D eigenvalue weighted by Gasteiger charge is 2.27. The summed E-state index contributed by atoms with van der Waals surface area (Å²) in [6, 6.07) is 7.66. The molecule has 0 spiro atoms. The van der Waals surface area contributed by atoms with Gasteiger partial charge in [-0.3, -0.25) is 9.59 Å². The molecular weight excluding hydrogens is 656 g/mol. The van der Waals surface area contributed by atoms with E-state index in [-0.39, 0.29) is 30.8 Å². The number of benzene rings is 1. The highest BCUT2D eigenvalue weighted by molar-refractivity contribution is 5.96. The number of anilines is 1. The first-order valence-electron chi connectivity index (χ1n) is 18.0. The van der Waals surface area contributed by atoms with Crippen molar-refractivity contribution in [3.63, 3.8) is 0 Å². The van der Waals surface area contributed by atoms with E-state index in [4.69, 9.17) is 9.15 Å². The van der Waals surface area contributed by atoms with Crippen LogP contribution in [0.3, 0.4) is 0 Å². The lowest BCUT2D eigenvalue weighted by molar-refractivity contribution is -0.137. The fourth-order valence-electron chi connectivity index (χ4n) is 6.18. The molecule has 52 heavy (non-hydrogen) atoms. The Labute approximate surface area is 306 Å². The number of hydrogen-bond donors (Lipinski definition) is 1. The summed E-state index contributed by atoms with van der Waals surface area (Å²) in [6.45, 7) is 12.1. The van der Waals surface area contributed by atoms with Gasteiger partial charge in [0.15, 0.2) is 5.76 Å². The number of allylic oxidation sites excluding steroid dienone is 6. The highest BCUT2D eigenvalue weighted by Crippen LogP contribution is 2.31. The Hall–Kier alpha value is -5.32. The molecule has 11 nitrogen and oxygen atoms in total. The zero-order chi connectivity index (χ0) is 37.4. The van der Waals surface area contributed by atoms with Crippen molar-refractivity contribution in [2.24, 2.45) is 5.92 Å². The van der Waals surface area contributed by atoms with Gasteiger partial charge in [-0.15, -0.1) is 0 Å². The molecule has 3 amide bonds. The lowest BCUT2D eigenvalue weighted by Crippen LogP contribution is -2.42. The van der Waals surface area contributed by atoms with Gasteiger partial charge in [-0.1, -0.05) is 61.9 Å². The van der Waals surface area contributed by atoms with Gasteiger partial charge in [0.25, 0.3) is 0 Å². The van der Waals surface area contributed by atoms with Crippen LogP contribution in [0.4, 0.5) is 10.5 Å². The monoisotopic (exact) mass is 706 g/mol. The van der Waals surface area contributed by atoms with E-state index in [2.05, 4.69) is 26.3 Å². The Bertz CT molecular complexity index is 1910. The van der Waals surface area contributed by atoms with E-state index in [1.54, 1.807) is 18.1 Å². The maximum atomic E-state index is 13.7. The number of hydrogen-bond acceptors (Lipinski definition) is 8. The van der Waals surface area contributed by atoms with Crippen LogP contribution in [0.2, 0.25) is 0 Å². The number of aryl methyl sites for hydroxylation is 2. The second-order valence-corrected chi connectivity index (χ2v) is 14.3. The van der Waals surface area contributed by atoms with E-state index in [9.17, 15) is 14.4 Å². The minimum absolute atomic E-state index is 0.0243. The first kappa shape index (κ1) is 37.9. The van der Waals surface area contributed by atoms with Crippen molar-refractivity contribution in [1.82, 2.24) is 24.8 Å². The number of amides is 3. The van der Waals surface area contributed by atoms with Crippen LogP contribution in [0.5, 0.6) is 0 Å². The molecule has 1 unspecified atom stereocenters. The maximum Gasteiger partial charge on any atom is 0.410 e. The van der Waals surface area contributed by atoms with E-state index in [0.29, 0.717) is 61.1 Å². The second-order valence-electron chi connectivity index (χ2n) is 14.3. The van der Waals surface area contributed by atoms with E-state index in [1.165, 1.54) is 4.90 Å². The predicted octanol–water partition coefficient (Wildman–Crippen LogP) is 7.94. The first-order valence-corrected chi connectivity index (χ1v) is 18.0. The molecule has 0 radical (unpaired) electrons. The molecule has 274 valence electrons. The molecule has 1 atom stereocenters. The Kier molecular flexibility index (Phi) is 12.3. The number of aromatic nitrogens is 3. The van der Waals surface area contributed by atoms with Gasteiger partial charge >= 0.3 is 6.09 Å². The summed E-state index contributed by atoms with van der Waals surface area (Å²) in [6.07, 6.45) is 16.6. The summed E-state index contributed by atoms with van der Waals surface area (Å²) in [5.74, 6) is 1.01. The van der Waals surface area contributed by atoms with Gasteiger partial charge in [0, 0.05) is 36.1 Å². The fraction of sp³-hybridized carbons (Fsp3) is 0.415. The van der Waals surface area contributed by atoms with Crippen LogP contribution < -0.4 is 5.32 Å². The number of nitrogens with zero attached hydrogens (tertiary/aromatic N) is 5. The minimum atomic E-state index is -0.596. The Balaban J connectivity index is 1.27. The van der Waals surface area contributed by atoms with Crippen molar-refractivity contribution < 1.29 is 23.5 Å². The minimum Gasteiger partial charge on any atom is -0.444 e. The molecule has 2 aliphatic carbocycles. The van der Waals surface area contributed by atoms with E-state index < -0.39 is 11.7 Å². The topological polar surface area (TPSA) is 131 Å². The summed E-state index contributed by atoms with van der Waals surface area (Å²) < 4.78 is 11.7. The number of ether oxygens (including phenoxy) is 1. The molecular formula is C41H50N6O5. The summed E-state index contributed by atoms with van der Waals surface area (Å²) >= 11 is 0. The molecule has 2 aromatic heterocycles. The predicted molar refractivity (Wildman–Crippen MR) is 203 cm³/mol. The molecule has 1 aromatic carbocycles. The standard InChI is InChI=1S/C41H50N6O5/c1-8-20-47(39(49)33(9-2)28-14-12-10-11-13-15-28)26-37(48)45-34-22-29(17-16-27(34)3)35-24-42-38(51-35)30-18-19-31-23-32(21-30)44-36(43-31)25-46(7)40(50)52-41(4,5)6/h10-14,16-17,21-24,33H,8-9,15,18-20,25-26H2,1-7H3,(H,45,48). The number of rotatable bonds is 12.